The second-order valence-corrected chi connectivity index (χ2v) is 5.17. The molecule has 0 aliphatic heterocycles. The Morgan fingerprint density at radius 3 is 2.71 bits per heavy atom. The molecule has 3 nitrogen and oxygen atoms in total. The second kappa shape index (κ2) is 6.63. The lowest BCUT2D eigenvalue weighted by atomic mass is 10.1. The first-order chi connectivity index (χ1) is 8.08. The van der Waals surface area contributed by atoms with E-state index in [4.69, 9.17) is 4.74 Å². The van der Waals surface area contributed by atoms with Gasteiger partial charge in [0.15, 0.2) is 0 Å². The topological polar surface area (TPSA) is 45.0 Å². The molecule has 1 aromatic rings. The van der Waals surface area contributed by atoms with Crippen LogP contribution in [-0.4, -0.2) is 13.7 Å². The molecule has 0 aliphatic rings. The molecule has 1 atom stereocenters. The van der Waals surface area contributed by atoms with E-state index in [-0.39, 0.29) is 6.04 Å². The predicted octanol–water partition coefficient (Wildman–Crippen LogP) is 3.27. The standard InChI is InChI=1S/C13H17BrN2O/c1-9(2)8-16-12(7-15)11-6-10(14)4-5-13(11)17-3/h4-6,9,12,16H,8H2,1-3H3. The fourth-order valence-electron chi connectivity index (χ4n) is 1.51. The van der Waals surface area contributed by atoms with Crippen molar-refractivity contribution in [2.45, 2.75) is 19.9 Å². The molecule has 0 aliphatic carbocycles. The monoisotopic (exact) mass is 296 g/mol. The van der Waals surface area contributed by atoms with E-state index in [0.29, 0.717) is 5.92 Å². The quantitative estimate of drug-likeness (QED) is 0.907. The molecule has 0 saturated heterocycles. The van der Waals surface area contributed by atoms with Crippen LogP contribution in [0.5, 0.6) is 5.75 Å². The Bertz CT molecular complexity index is 412. The van der Waals surface area contributed by atoms with Crippen LogP contribution in [-0.2, 0) is 0 Å². The van der Waals surface area contributed by atoms with Crippen molar-refractivity contribution in [3.63, 3.8) is 0 Å². The smallest absolute Gasteiger partial charge is 0.125 e. The number of nitriles is 1. The van der Waals surface area contributed by atoms with E-state index in [1.54, 1.807) is 7.11 Å². The molecule has 92 valence electrons. The van der Waals surface area contributed by atoms with Crippen molar-refractivity contribution in [1.29, 1.82) is 5.26 Å². The summed E-state index contributed by atoms with van der Waals surface area (Å²) >= 11 is 3.41. The third-order valence-electron chi connectivity index (χ3n) is 2.36. The molecule has 0 bridgehead atoms. The Hall–Kier alpha value is -1.05. The molecule has 0 heterocycles. The number of rotatable bonds is 5. The van der Waals surface area contributed by atoms with Crippen LogP contribution >= 0.6 is 15.9 Å². The van der Waals surface area contributed by atoms with Gasteiger partial charge in [-0.25, -0.2) is 0 Å². The van der Waals surface area contributed by atoms with Gasteiger partial charge in [-0.1, -0.05) is 29.8 Å². The summed E-state index contributed by atoms with van der Waals surface area (Å²) in [5.74, 6) is 1.24. The summed E-state index contributed by atoms with van der Waals surface area (Å²) in [6.07, 6.45) is 0. The summed E-state index contributed by atoms with van der Waals surface area (Å²) < 4.78 is 6.22. The first kappa shape index (κ1) is 14.0. The van der Waals surface area contributed by atoms with Crippen LogP contribution in [0.4, 0.5) is 0 Å². The molecular weight excluding hydrogens is 280 g/mol. The van der Waals surface area contributed by atoms with E-state index in [1.807, 2.05) is 18.2 Å². The summed E-state index contributed by atoms with van der Waals surface area (Å²) in [5, 5.41) is 12.4. The number of hydrogen-bond donors (Lipinski definition) is 1. The van der Waals surface area contributed by atoms with Gasteiger partial charge in [-0.05, 0) is 30.7 Å². The van der Waals surface area contributed by atoms with Crippen molar-refractivity contribution in [1.82, 2.24) is 5.32 Å². The summed E-state index contributed by atoms with van der Waals surface area (Å²) in [7, 11) is 1.61. The van der Waals surface area contributed by atoms with Crippen LogP contribution in [0.3, 0.4) is 0 Å². The normalized spacial score (nSPS) is 12.2. The molecule has 1 aromatic carbocycles. The molecule has 0 spiro atoms. The van der Waals surface area contributed by atoms with Gasteiger partial charge in [0.25, 0.3) is 0 Å². The highest BCUT2D eigenvalue weighted by molar-refractivity contribution is 9.10. The van der Waals surface area contributed by atoms with E-state index in [1.165, 1.54) is 0 Å². The van der Waals surface area contributed by atoms with E-state index in [0.717, 1.165) is 22.3 Å². The molecule has 1 N–H and O–H groups in total. The van der Waals surface area contributed by atoms with Crippen molar-refractivity contribution >= 4 is 15.9 Å². The summed E-state index contributed by atoms with van der Waals surface area (Å²) in [6.45, 7) is 5.02. The molecule has 1 rings (SSSR count). The highest BCUT2D eigenvalue weighted by atomic mass is 79.9. The highest BCUT2D eigenvalue weighted by Crippen LogP contribution is 2.28. The molecule has 0 fully saturated rings. The van der Waals surface area contributed by atoms with Crippen molar-refractivity contribution in [2.75, 3.05) is 13.7 Å². The Balaban J connectivity index is 2.94. The van der Waals surface area contributed by atoms with Gasteiger partial charge in [0.2, 0.25) is 0 Å². The number of nitrogens with zero attached hydrogens (tertiary/aromatic N) is 1. The van der Waals surface area contributed by atoms with E-state index in [2.05, 4.69) is 41.2 Å². The number of ether oxygens (including phenoxy) is 1. The largest absolute Gasteiger partial charge is 0.496 e. The van der Waals surface area contributed by atoms with Gasteiger partial charge in [-0.3, -0.25) is 5.32 Å². The molecule has 1 unspecified atom stereocenters. The van der Waals surface area contributed by atoms with Gasteiger partial charge in [-0.15, -0.1) is 0 Å². The Morgan fingerprint density at radius 1 is 1.47 bits per heavy atom. The maximum absolute atomic E-state index is 9.22. The maximum atomic E-state index is 9.22. The van der Waals surface area contributed by atoms with E-state index in [9.17, 15) is 5.26 Å². The first-order valence-corrected chi connectivity index (χ1v) is 6.34. The number of halogens is 1. The lowest BCUT2D eigenvalue weighted by Crippen LogP contribution is -2.24. The SMILES string of the molecule is COc1ccc(Br)cc1C(C#N)NCC(C)C. The zero-order chi connectivity index (χ0) is 12.8. The number of hydrogen-bond acceptors (Lipinski definition) is 3. The average Bonchev–Trinajstić information content (AvgIpc) is 2.30. The summed E-state index contributed by atoms with van der Waals surface area (Å²) in [4.78, 5) is 0. The van der Waals surface area contributed by atoms with E-state index >= 15 is 0 Å². The minimum absolute atomic E-state index is 0.343. The van der Waals surface area contributed by atoms with Crippen molar-refractivity contribution in [3.8, 4) is 11.8 Å². The lowest BCUT2D eigenvalue weighted by molar-refractivity contribution is 0.403. The zero-order valence-electron chi connectivity index (χ0n) is 10.3. The van der Waals surface area contributed by atoms with Gasteiger partial charge in [0, 0.05) is 10.0 Å². The Labute approximate surface area is 111 Å². The molecule has 0 amide bonds. The Morgan fingerprint density at radius 2 is 2.18 bits per heavy atom. The van der Waals surface area contributed by atoms with Crippen molar-refractivity contribution in [2.24, 2.45) is 5.92 Å². The Kier molecular flexibility index (Phi) is 5.46. The van der Waals surface area contributed by atoms with E-state index < -0.39 is 0 Å². The van der Waals surface area contributed by atoms with Crippen LogP contribution in [0.2, 0.25) is 0 Å². The lowest BCUT2D eigenvalue weighted by Gasteiger charge is -2.16. The molecular formula is C13H17BrN2O. The van der Waals surface area contributed by atoms with Crippen molar-refractivity contribution < 1.29 is 4.74 Å². The molecule has 17 heavy (non-hydrogen) atoms. The van der Waals surface area contributed by atoms with Crippen LogP contribution in [0, 0.1) is 17.2 Å². The van der Waals surface area contributed by atoms with Gasteiger partial charge < -0.3 is 4.74 Å². The first-order valence-electron chi connectivity index (χ1n) is 5.55. The minimum Gasteiger partial charge on any atom is -0.496 e. The van der Waals surface area contributed by atoms with Gasteiger partial charge >= 0.3 is 0 Å². The van der Waals surface area contributed by atoms with Crippen LogP contribution in [0.15, 0.2) is 22.7 Å². The minimum atomic E-state index is -0.343. The number of nitrogens with one attached hydrogen (secondary N) is 1. The van der Waals surface area contributed by atoms with Gasteiger partial charge in [0.1, 0.15) is 11.8 Å². The maximum Gasteiger partial charge on any atom is 0.125 e. The van der Waals surface area contributed by atoms with Crippen LogP contribution in [0.25, 0.3) is 0 Å². The van der Waals surface area contributed by atoms with Gasteiger partial charge in [-0.2, -0.15) is 5.26 Å². The molecule has 4 heteroatoms. The van der Waals surface area contributed by atoms with Crippen LogP contribution in [0.1, 0.15) is 25.5 Å². The number of methoxy groups -OCH3 is 1. The van der Waals surface area contributed by atoms with Crippen LogP contribution < -0.4 is 10.1 Å². The van der Waals surface area contributed by atoms with Gasteiger partial charge in [0.05, 0.1) is 13.2 Å². The average molecular weight is 297 g/mol. The summed E-state index contributed by atoms with van der Waals surface area (Å²) in [5.41, 5.74) is 0.866. The predicted molar refractivity (Wildman–Crippen MR) is 71.9 cm³/mol. The second-order valence-electron chi connectivity index (χ2n) is 4.25. The number of benzene rings is 1. The molecule has 0 saturated carbocycles. The fraction of sp³-hybridized carbons (Fsp3) is 0.462. The third-order valence-corrected chi connectivity index (χ3v) is 2.86. The fourth-order valence-corrected chi connectivity index (χ4v) is 1.89. The van der Waals surface area contributed by atoms with Crippen molar-refractivity contribution in [3.05, 3.63) is 28.2 Å². The highest BCUT2D eigenvalue weighted by Gasteiger charge is 2.15. The zero-order valence-corrected chi connectivity index (χ0v) is 11.9. The molecule has 0 radical (unpaired) electrons. The summed E-state index contributed by atoms with van der Waals surface area (Å²) in [6, 6.07) is 7.60. The third kappa shape index (κ3) is 4.03. The molecule has 0 aromatic heterocycles.